The monoisotopic (exact) mass is 368 g/mol. The van der Waals surface area contributed by atoms with Crippen LogP contribution in [0.1, 0.15) is 24.0 Å². The number of carbonyl (C=O) groups is 1. The Hall–Kier alpha value is -2.40. The predicted molar refractivity (Wildman–Crippen MR) is 102 cm³/mol. The highest BCUT2D eigenvalue weighted by molar-refractivity contribution is 5.91. The molecule has 1 unspecified atom stereocenters. The molecule has 0 N–H and O–H groups in total. The Morgan fingerprint density at radius 1 is 1.19 bits per heavy atom. The van der Waals surface area contributed by atoms with E-state index in [1.807, 2.05) is 49.3 Å². The van der Waals surface area contributed by atoms with E-state index >= 15 is 0 Å². The number of rotatable bonds is 4. The molecule has 4 nitrogen and oxygen atoms in total. The van der Waals surface area contributed by atoms with Crippen LogP contribution < -0.4 is 4.74 Å². The van der Waals surface area contributed by atoms with Crippen LogP contribution in [0.5, 0.6) is 5.75 Å². The van der Waals surface area contributed by atoms with Gasteiger partial charge in [-0.1, -0.05) is 36.4 Å². The topological polar surface area (TPSA) is 32.8 Å². The number of likely N-dealkylation sites (N-methyl/N-ethyl adjacent to an activating group) is 1. The number of para-hydroxylation sites is 1. The summed E-state index contributed by atoms with van der Waals surface area (Å²) < 4.78 is 20.5. The summed E-state index contributed by atoms with van der Waals surface area (Å²) in [6.45, 7) is 1.63. The Kier molecular flexibility index (Phi) is 4.64. The number of ether oxygens (including phenoxy) is 1. The molecule has 1 saturated carbocycles. The van der Waals surface area contributed by atoms with E-state index in [2.05, 4.69) is 4.90 Å². The quantitative estimate of drug-likeness (QED) is 0.831. The van der Waals surface area contributed by atoms with Crippen LogP contribution in [0, 0.1) is 5.82 Å². The average Bonchev–Trinajstić information content (AvgIpc) is 3.46. The molecule has 2 aromatic rings. The van der Waals surface area contributed by atoms with E-state index < -0.39 is 5.41 Å². The molecule has 0 saturated heterocycles. The lowest BCUT2D eigenvalue weighted by Crippen LogP contribution is -2.50. The van der Waals surface area contributed by atoms with Gasteiger partial charge in [0.25, 0.3) is 0 Å². The van der Waals surface area contributed by atoms with E-state index in [0.717, 1.165) is 11.3 Å². The molecule has 4 rings (SSSR count). The van der Waals surface area contributed by atoms with Crippen molar-refractivity contribution in [2.24, 2.45) is 0 Å². The van der Waals surface area contributed by atoms with Gasteiger partial charge in [-0.2, -0.15) is 0 Å². The van der Waals surface area contributed by atoms with Crippen LogP contribution in [0.15, 0.2) is 48.5 Å². The summed E-state index contributed by atoms with van der Waals surface area (Å²) in [5, 5.41) is 0. The lowest BCUT2D eigenvalue weighted by molar-refractivity contribution is -0.137. The average molecular weight is 368 g/mol. The molecule has 0 aromatic heterocycles. The Bertz CT molecular complexity index is 848. The molecule has 1 aliphatic carbocycles. The molecule has 1 heterocycles. The number of halogens is 1. The van der Waals surface area contributed by atoms with Crippen LogP contribution in [-0.2, 0) is 16.8 Å². The van der Waals surface area contributed by atoms with Crippen molar-refractivity contribution in [1.29, 1.82) is 0 Å². The van der Waals surface area contributed by atoms with Crippen LogP contribution in [0.4, 0.5) is 4.39 Å². The van der Waals surface area contributed by atoms with Crippen molar-refractivity contribution in [3.63, 3.8) is 0 Å². The second-order valence-corrected chi connectivity index (χ2v) is 7.83. The number of hydrogen-bond acceptors (Lipinski definition) is 3. The van der Waals surface area contributed by atoms with Gasteiger partial charge in [0.05, 0.1) is 11.5 Å². The Morgan fingerprint density at radius 3 is 2.59 bits per heavy atom. The smallest absolute Gasteiger partial charge is 0.234 e. The molecule has 0 bridgehead atoms. The van der Waals surface area contributed by atoms with Crippen LogP contribution in [-0.4, -0.2) is 49.0 Å². The minimum absolute atomic E-state index is 0.0137. The van der Waals surface area contributed by atoms with E-state index in [0.29, 0.717) is 38.1 Å². The van der Waals surface area contributed by atoms with E-state index in [-0.39, 0.29) is 17.8 Å². The number of nitrogens with zero attached hydrogens (tertiary/aromatic N) is 2. The summed E-state index contributed by atoms with van der Waals surface area (Å²) in [7, 11) is 3.98. The molecule has 0 radical (unpaired) electrons. The largest absolute Gasteiger partial charge is 0.491 e. The first-order valence-electron chi connectivity index (χ1n) is 9.43. The van der Waals surface area contributed by atoms with Crippen molar-refractivity contribution in [3.8, 4) is 5.75 Å². The zero-order valence-corrected chi connectivity index (χ0v) is 15.8. The van der Waals surface area contributed by atoms with E-state index in [9.17, 15) is 9.18 Å². The van der Waals surface area contributed by atoms with Crippen molar-refractivity contribution < 1.29 is 13.9 Å². The van der Waals surface area contributed by atoms with Gasteiger partial charge < -0.3 is 14.5 Å². The van der Waals surface area contributed by atoms with Crippen molar-refractivity contribution >= 4 is 5.91 Å². The fourth-order valence-corrected chi connectivity index (χ4v) is 4.02. The maximum Gasteiger partial charge on any atom is 0.234 e. The second-order valence-electron chi connectivity index (χ2n) is 7.83. The number of fused-ring (bicyclic) bond motifs is 1. The summed E-state index contributed by atoms with van der Waals surface area (Å²) in [6, 6.07) is 14.4. The Labute approximate surface area is 159 Å². The van der Waals surface area contributed by atoms with Gasteiger partial charge in [-0.25, -0.2) is 4.39 Å². The molecule has 2 aliphatic rings. The first-order valence-corrected chi connectivity index (χ1v) is 9.43. The summed E-state index contributed by atoms with van der Waals surface area (Å²) in [5.74, 6) is 0.547. The van der Waals surface area contributed by atoms with Crippen LogP contribution in [0.3, 0.4) is 0 Å². The maximum absolute atomic E-state index is 14.5. The molecule has 142 valence electrons. The molecule has 1 aliphatic heterocycles. The van der Waals surface area contributed by atoms with Gasteiger partial charge in [-0.3, -0.25) is 4.79 Å². The highest BCUT2D eigenvalue weighted by Crippen LogP contribution is 2.51. The minimum atomic E-state index is -0.727. The fraction of sp³-hybridized carbons (Fsp3) is 0.409. The van der Waals surface area contributed by atoms with Crippen molar-refractivity contribution in [2.45, 2.75) is 30.8 Å². The molecule has 2 aromatic carbocycles. The molecular weight excluding hydrogens is 343 g/mol. The zero-order valence-electron chi connectivity index (χ0n) is 15.8. The molecular formula is C22H25FN2O2. The third-order valence-corrected chi connectivity index (χ3v) is 5.57. The SMILES string of the molecule is CN(C)CC1COc2ccccc2CN1C(=O)C1(c2ccccc2F)CC1. The first-order chi connectivity index (χ1) is 13.0. The Balaban J connectivity index is 1.70. The highest BCUT2D eigenvalue weighted by Gasteiger charge is 2.55. The number of amides is 1. The van der Waals surface area contributed by atoms with Crippen LogP contribution in [0.25, 0.3) is 0 Å². The predicted octanol–water partition coefficient (Wildman–Crippen LogP) is 3.21. The Morgan fingerprint density at radius 2 is 1.89 bits per heavy atom. The fourth-order valence-electron chi connectivity index (χ4n) is 4.02. The molecule has 5 heteroatoms. The van der Waals surface area contributed by atoms with Gasteiger partial charge in [-0.15, -0.1) is 0 Å². The van der Waals surface area contributed by atoms with Crippen molar-refractivity contribution in [2.75, 3.05) is 27.2 Å². The van der Waals surface area contributed by atoms with Gasteiger partial charge in [-0.05, 0) is 39.1 Å². The molecule has 27 heavy (non-hydrogen) atoms. The van der Waals surface area contributed by atoms with Gasteiger partial charge in [0.2, 0.25) is 5.91 Å². The number of carbonyl (C=O) groups excluding carboxylic acids is 1. The van der Waals surface area contributed by atoms with Crippen LogP contribution in [0.2, 0.25) is 0 Å². The summed E-state index contributed by atoms with van der Waals surface area (Å²) in [6.07, 6.45) is 1.39. The zero-order chi connectivity index (χ0) is 19.0. The standard InChI is InChI=1S/C22H25FN2O2/c1-24(2)14-17-15-27-20-10-6-3-7-16(20)13-25(17)21(26)22(11-12-22)18-8-4-5-9-19(18)23/h3-10,17H,11-15H2,1-2H3. The van der Waals surface area contributed by atoms with Gasteiger partial charge in [0.15, 0.2) is 0 Å². The molecule has 0 spiro atoms. The van der Waals surface area contributed by atoms with Gasteiger partial charge in [0, 0.05) is 24.2 Å². The van der Waals surface area contributed by atoms with Crippen LogP contribution >= 0.6 is 0 Å². The number of hydrogen-bond donors (Lipinski definition) is 0. The third-order valence-electron chi connectivity index (χ3n) is 5.57. The highest BCUT2D eigenvalue weighted by atomic mass is 19.1. The minimum Gasteiger partial charge on any atom is -0.491 e. The van der Waals surface area contributed by atoms with E-state index in [1.54, 1.807) is 12.1 Å². The first kappa shape index (κ1) is 18.0. The lowest BCUT2D eigenvalue weighted by atomic mass is 9.92. The summed E-state index contributed by atoms with van der Waals surface area (Å²) in [4.78, 5) is 17.6. The van der Waals surface area contributed by atoms with Gasteiger partial charge >= 0.3 is 0 Å². The van der Waals surface area contributed by atoms with E-state index in [1.165, 1.54) is 6.07 Å². The summed E-state index contributed by atoms with van der Waals surface area (Å²) >= 11 is 0. The van der Waals surface area contributed by atoms with Crippen molar-refractivity contribution in [1.82, 2.24) is 9.80 Å². The van der Waals surface area contributed by atoms with E-state index in [4.69, 9.17) is 4.74 Å². The maximum atomic E-state index is 14.5. The molecule has 1 amide bonds. The number of benzene rings is 2. The normalized spacial score (nSPS) is 20.6. The molecule has 1 atom stereocenters. The summed E-state index contributed by atoms with van der Waals surface area (Å²) in [5.41, 5.74) is 0.795. The molecule has 1 fully saturated rings. The lowest BCUT2D eigenvalue weighted by Gasteiger charge is -2.34. The third kappa shape index (κ3) is 3.32. The van der Waals surface area contributed by atoms with Crippen molar-refractivity contribution in [3.05, 3.63) is 65.5 Å². The van der Waals surface area contributed by atoms with Gasteiger partial charge in [0.1, 0.15) is 18.2 Å². The second kappa shape index (κ2) is 6.97.